The van der Waals surface area contributed by atoms with E-state index in [-0.39, 0.29) is 18.2 Å². The van der Waals surface area contributed by atoms with Crippen LogP contribution < -0.4 is 16.7 Å². The Balaban J connectivity index is 0.000000688. The molecule has 0 aromatic rings. The molecule has 130 valence electrons. The fourth-order valence-corrected chi connectivity index (χ4v) is 2.10. The second-order valence-corrected chi connectivity index (χ2v) is 5.00. The van der Waals surface area contributed by atoms with Gasteiger partial charge in [-0.15, -0.1) is 0 Å². The van der Waals surface area contributed by atoms with Crippen LogP contribution in [0.2, 0.25) is 0 Å². The third-order valence-corrected chi connectivity index (χ3v) is 3.53. The molecule has 0 aliphatic carbocycles. The van der Waals surface area contributed by atoms with E-state index < -0.39 is 17.4 Å². The highest BCUT2D eigenvalue weighted by Crippen LogP contribution is 2.35. The van der Waals surface area contributed by atoms with E-state index in [9.17, 15) is 9.59 Å². The van der Waals surface area contributed by atoms with Gasteiger partial charge >= 0.3 is 11.9 Å². The number of hydrogen-bond acceptors (Lipinski definition) is 6. The number of nitrogens with zero attached hydrogens (tertiary/aromatic N) is 1. The van der Waals surface area contributed by atoms with Crippen molar-refractivity contribution in [3.63, 3.8) is 0 Å². The summed E-state index contributed by atoms with van der Waals surface area (Å²) >= 11 is 0. The molecule has 10 heteroatoms. The number of unbranched alkanes of at least 4 members (excludes halogenated alkanes) is 1. The van der Waals surface area contributed by atoms with Crippen LogP contribution in [0.3, 0.4) is 0 Å². The summed E-state index contributed by atoms with van der Waals surface area (Å²) in [6.07, 6.45) is 3.36. The molecular formula is C13H22N4O6. The number of amides is 2. The summed E-state index contributed by atoms with van der Waals surface area (Å²) in [7, 11) is 0. The molecular weight excluding hydrogens is 308 g/mol. The maximum atomic E-state index is 11.9. The Morgan fingerprint density at radius 2 is 1.83 bits per heavy atom. The molecule has 1 aliphatic heterocycles. The molecule has 0 saturated carbocycles. The fourth-order valence-electron chi connectivity index (χ4n) is 2.10. The van der Waals surface area contributed by atoms with E-state index in [0.717, 1.165) is 25.0 Å². The van der Waals surface area contributed by atoms with Crippen molar-refractivity contribution in [3.05, 3.63) is 0 Å². The van der Waals surface area contributed by atoms with Gasteiger partial charge < -0.3 is 10.2 Å². The standard InChI is InChI=1S/C11H20N4O2.C2H2O4/c1-3-4-6-11(7-5-9(16)13-12)8(2)14-15-10(11)17;3-1(4)2(5)6/h3-7,12H2,1-2H3,(H,13,16)(H,15,17);(H,3,4)(H,5,6). The Kier molecular flexibility index (Phi) is 8.48. The van der Waals surface area contributed by atoms with Crippen LogP contribution in [0.15, 0.2) is 5.10 Å². The monoisotopic (exact) mass is 330 g/mol. The van der Waals surface area contributed by atoms with Gasteiger partial charge in [0.25, 0.3) is 5.91 Å². The number of carbonyl (C=O) groups is 4. The number of aliphatic carboxylic acids is 2. The molecule has 6 N–H and O–H groups in total. The second kappa shape index (κ2) is 9.51. The second-order valence-electron chi connectivity index (χ2n) is 5.00. The minimum atomic E-state index is -1.82. The quantitative estimate of drug-likeness (QED) is 0.191. The number of carboxylic acids is 2. The van der Waals surface area contributed by atoms with Crippen molar-refractivity contribution in [2.24, 2.45) is 16.4 Å². The number of rotatable bonds is 6. The first-order valence-corrected chi connectivity index (χ1v) is 7.02. The molecule has 1 aliphatic rings. The maximum Gasteiger partial charge on any atom is 0.414 e. The van der Waals surface area contributed by atoms with Crippen LogP contribution in [0.4, 0.5) is 0 Å². The van der Waals surface area contributed by atoms with Crippen LogP contribution in [-0.4, -0.2) is 39.7 Å². The molecule has 0 aromatic carbocycles. The lowest BCUT2D eigenvalue weighted by Gasteiger charge is -2.26. The Hall–Kier alpha value is -2.49. The van der Waals surface area contributed by atoms with E-state index >= 15 is 0 Å². The summed E-state index contributed by atoms with van der Waals surface area (Å²) in [5.41, 5.74) is 4.72. The number of nitrogens with one attached hydrogen (secondary N) is 2. The third kappa shape index (κ3) is 6.02. The lowest BCUT2D eigenvalue weighted by atomic mass is 9.75. The Labute approximate surface area is 133 Å². The topological polar surface area (TPSA) is 171 Å². The maximum absolute atomic E-state index is 11.9. The summed E-state index contributed by atoms with van der Waals surface area (Å²) in [6.45, 7) is 3.90. The van der Waals surface area contributed by atoms with Crippen LogP contribution in [0, 0.1) is 5.41 Å². The van der Waals surface area contributed by atoms with Crippen LogP contribution in [0.1, 0.15) is 46.0 Å². The van der Waals surface area contributed by atoms with E-state index in [1.165, 1.54) is 0 Å². The molecule has 0 aromatic heterocycles. The van der Waals surface area contributed by atoms with Crippen molar-refractivity contribution in [2.45, 2.75) is 46.0 Å². The van der Waals surface area contributed by atoms with Gasteiger partial charge in [-0.3, -0.25) is 15.0 Å². The van der Waals surface area contributed by atoms with Crippen molar-refractivity contribution in [1.82, 2.24) is 10.9 Å². The number of carboxylic acid groups (broad SMARTS) is 2. The Bertz CT molecular complexity index is 493. The van der Waals surface area contributed by atoms with Crippen molar-refractivity contribution >= 4 is 29.5 Å². The van der Waals surface area contributed by atoms with Crippen LogP contribution in [0.25, 0.3) is 0 Å². The van der Waals surface area contributed by atoms with Gasteiger partial charge in [-0.25, -0.2) is 20.9 Å². The van der Waals surface area contributed by atoms with E-state index in [4.69, 9.17) is 25.6 Å². The lowest BCUT2D eigenvalue weighted by Crippen LogP contribution is -2.39. The molecule has 0 radical (unpaired) electrons. The highest BCUT2D eigenvalue weighted by molar-refractivity contribution is 6.27. The zero-order chi connectivity index (χ0) is 18.0. The number of hydrazone groups is 1. The molecule has 1 atom stereocenters. The first-order valence-electron chi connectivity index (χ1n) is 7.02. The summed E-state index contributed by atoms with van der Waals surface area (Å²) in [6, 6.07) is 0. The summed E-state index contributed by atoms with van der Waals surface area (Å²) in [5, 5.41) is 18.8. The SMILES string of the molecule is CCCCC1(CCC(=O)NN)C(=O)NN=C1C.O=C(O)C(=O)O. The highest BCUT2D eigenvalue weighted by Gasteiger charge is 2.44. The van der Waals surface area contributed by atoms with E-state index in [2.05, 4.69) is 22.9 Å². The van der Waals surface area contributed by atoms with Crippen LogP contribution in [0.5, 0.6) is 0 Å². The minimum Gasteiger partial charge on any atom is -0.473 e. The molecule has 0 bridgehead atoms. The molecule has 0 fully saturated rings. The predicted octanol–water partition coefficient (Wildman–Crippen LogP) is -0.406. The van der Waals surface area contributed by atoms with Gasteiger partial charge in [-0.1, -0.05) is 19.8 Å². The van der Waals surface area contributed by atoms with Crippen LogP contribution in [-0.2, 0) is 19.2 Å². The summed E-state index contributed by atoms with van der Waals surface area (Å²) in [4.78, 5) is 41.3. The van der Waals surface area contributed by atoms with Crippen molar-refractivity contribution in [3.8, 4) is 0 Å². The molecule has 1 heterocycles. The number of hydrazine groups is 1. The predicted molar refractivity (Wildman–Crippen MR) is 80.0 cm³/mol. The van der Waals surface area contributed by atoms with Gasteiger partial charge in [0.1, 0.15) is 0 Å². The Morgan fingerprint density at radius 1 is 1.26 bits per heavy atom. The number of carbonyl (C=O) groups excluding carboxylic acids is 2. The van der Waals surface area contributed by atoms with Crippen LogP contribution >= 0.6 is 0 Å². The Morgan fingerprint density at radius 3 is 2.17 bits per heavy atom. The van der Waals surface area contributed by atoms with E-state index in [1.807, 2.05) is 6.92 Å². The molecule has 0 spiro atoms. The highest BCUT2D eigenvalue weighted by atomic mass is 16.4. The third-order valence-electron chi connectivity index (χ3n) is 3.53. The number of nitrogens with two attached hydrogens (primary N) is 1. The largest absolute Gasteiger partial charge is 0.473 e. The molecule has 1 rings (SSSR count). The first-order chi connectivity index (χ1) is 10.7. The average molecular weight is 330 g/mol. The van der Waals surface area contributed by atoms with E-state index in [1.54, 1.807) is 0 Å². The van der Waals surface area contributed by atoms with Gasteiger partial charge in [0, 0.05) is 6.42 Å². The lowest BCUT2D eigenvalue weighted by molar-refractivity contribution is -0.159. The normalized spacial score (nSPS) is 19.1. The average Bonchev–Trinajstić information content (AvgIpc) is 2.79. The van der Waals surface area contributed by atoms with Crippen molar-refractivity contribution in [1.29, 1.82) is 0 Å². The minimum absolute atomic E-state index is 0.103. The fraction of sp³-hybridized carbons (Fsp3) is 0.615. The van der Waals surface area contributed by atoms with Gasteiger partial charge in [-0.2, -0.15) is 5.10 Å². The molecule has 2 amide bonds. The first kappa shape index (κ1) is 20.5. The molecule has 0 saturated heterocycles. The van der Waals surface area contributed by atoms with Gasteiger partial charge in [0.05, 0.1) is 11.1 Å². The molecule has 1 unspecified atom stereocenters. The van der Waals surface area contributed by atoms with Crippen molar-refractivity contribution in [2.75, 3.05) is 0 Å². The van der Waals surface area contributed by atoms with Gasteiger partial charge in [0.15, 0.2) is 0 Å². The summed E-state index contributed by atoms with van der Waals surface area (Å²) in [5.74, 6) is 1.03. The number of hydrogen-bond donors (Lipinski definition) is 5. The zero-order valence-electron chi connectivity index (χ0n) is 13.1. The van der Waals surface area contributed by atoms with Gasteiger partial charge in [-0.05, 0) is 19.8 Å². The summed E-state index contributed by atoms with van der Waals surface area (Å²) < 4.78 is 0. The smallest absolute Gasteiger partial charge is 0.414 e. The van der Waals surface area contributed by atoms with Gasteiger partial charge in [0.2, 0.25) is 5.91 Å². The van der Waals surface area contributed by atoms with E-state index in [0.29, 0.717) is 6.42 Å². The molecule has 23 heavy (non-hydrogen) atoms. The zero-order valence-corrected chi connectivity index (χ0v) is 13.1. The van der Waals surface area contributed by atoms with Crippen molar-refractivity contribution < 1.29 is 29.4 Å². The molecule has 10 nitrogen and oxygen atoms in total.